The number of fused-ring (bicyclic) bond motifs is 1. The number of halogens is 2. The van der Waals surface area contributed by atoms with Gasteiger partial charge in [-0.2, -0.15) is 5.26 Å². The second kappa shape index (κ2) is 10.2. The zero-order valence-electron chi connectivity index (χ0n) is 22.1. The van der Waals surface area contributed by atoms with E-state index >= 15 is 0 Å². The van der Waals surface area contributed by atoms with Crippen molar-refractivity contribution in [1.29, 1.82) is 5.26 Å². The molecule has 10 heteroatoms. The van der Waals surface area contributed by atoms with Gasteiger partial charge in [0.2, 0.25) is 0 Å². The van der Waals surface area contributed by atoms with Crippen LogP contribution in [0.25, 0.3) is 10.9 Å². The molecular formula is C27H31ClFN7Si. The third kappa shape index (κ3) is 5.82. The Hall–Kier alpha value is -3.32. The number of anilines is 2. The molecular weight excluding hydrogens is 505 g/mol. The summed E-state index contributed by atoms with van der Waals surface area (Å²) in [6.07, 6.45) is 5.57. The summed E-state index contributed by atoms with van der Waals surface area (Å²) >= 11 is 6.70. The SMILES string of the molecule is [2H]C(Nc1cc(Cl)c2ncc(C#N)c(NCC[Si](C)(C)C)c2c1)(C1=CN(C2CC2)NN1)c1ccc(F)cc1. The molecule has 2 aliphatic rings. The molecule has 1 aliphatic carbocycles. The van der Waals surface area contributed by atoms with E-state index in [4.69, 9.17) is 11.6 Å². The molecule has 1 fully saturated rings. The largest absolute Gasteiger partial charge is 0.384 e. The quantitative estimate of drug-likeness (QED) is 0.245. The van der Waals surface area contributed by atoms with Gasteiger partial charge >= 0.3 is 0 Å². The summed E-state index contributed by atoms with van der Waals surface area (Å²) in [7, 11) is -1.30. The number of nitrogens with zero attached hydrogens (tertiary/aromatic N) is 3. The highest BCUT2D eigenvalue weighted by Gasteiger charge is 2.32. The lowest BCUT2D eigenvalue weighted by Gasteiger charge is -2.23. The number of pyridine rings is 1. The fraction of sp³-hybridized carbons (Fsp3) is 0.333. The average molecular weight is 537 g/mol. The van der Waals surface area contributed by atoms with Crippen molar-refractivity contribution in [2.24, 2.45) is 0 Å². The molecule has 2 aromatic carbocycles. The zero-order valence-corrected chi connectivity index (χ0v) is 22.9. The lowest BCUT2D eigenvalue weighted by Crippen LogP contribution is -2.38. The van der Waals surface area contributed by atoms with Crippen LogP contribution in [0, 0.1) is 17.1 Å². The van der Waals surface area contributed by atoms with Crippen molar-refractivity contribution in [2.45, 2.75) is 50.6 Å². The average Bonchev–Trinajstić information content (AvgIpc) is 3.59. The third-order valence-corrected chi connectivity index (χ3v) is 8.46. The molecule has 1 saturated carbocycles. The highest BCUT2D eigenvalue weighted by molar-refractivity contribution is 6.76. The van der Waals surface area contributed by atoms with E-state index in [1.54, 1.807) is 18.2 Å². The van der Waals surface area contributed by atoms with E-state index in [0.29, 0.717) is 50.2 Å². The maximum absolute atomic E-state index is 13.8. The number of nitriles is 1. The van der Waals surface area contributed by atoms with Gasteiger partial charge in [-0.3, -0.25) is 9.99 Å². The van der Waals surface area contributed by atoms with Crippen LogP contribution in [0.3, 0.4) is 0 Å². The fourth-order valence-electron chi connectivity index (χ4n) is 4.23. The summed E-state index contributed by atoms with van der Waals surface area (Å²) in [5.41, 5.74) is 9.60. The van der Waals surface area contributed by atoms with Crippen molar-refractivity contribution < 1.29 is 5.76 Å². The predicted octanol–water partition coefficient (Wildman–Crippen LogP) is 6.13. The van der Waals surface area contributed by atoms with Crippen LogP contribution in [-0.4, -0.2) is 30.7 Å². The first-order valence-corrected chi connectivity index (χ1v) is 16.5. The lowest BCUT2D eigenvalue weighted by molar-refractivity contribution is 0.260. The smallest absolute Gasteiger partial charge is 0.123 e. The number of aromatic nitrogens is 1. The zero-order chi connectivity index (χ0) is 27.1. The first-order valence-electron chi connectivity index (χ1n) is 12.9. The Labute approximate surface area is 224 Å². The van der Waals surface area contributed by atoms with Gasteiger partial charge < -0.3 is 16.1 Å². The van der Waals surface area contributed by atoms with Crippen LogP contribution >= 0.6 is 11.6 Å². The molecule has 7 nitrogen and oxygen atoms in total. The van der Waals surface area contributed by atoms with Crippen LogP contribution in [0.15, 0.2) is 54.5 Å². The molecule has 37 heavy (non-hydrogen) atoms. The van der Waals surface area contributed by atoms with E-state index in [2.05, 4.69) is 52.3 Å². The van der Waals surface area contributed by atoms with Gasteiger partial charge in [-0.25, -0.2) is 4.39 Å². The van der Waals surface area contributed by atoms with Crippen molar-refractivity contribution in [3.8, 4) is 6.07 Å². The molecule has 0 amide bonds. The highest BCUT2D eigenvalue weighted by atomic mass is 35.5. The van der Waals surface area contributed by atoms with E-state index < -0.39 is 14.1 Å². The van der Waals surface area contributed by atoms with Gasteiger partial charge in [0.05, 0.1) is 34.9 Å². The monoisotopic (exact) mass is 536 g/mol. The number of hydrazine groups is 2. The first kappa shape index (κ1) is 24.0. The normalized spacial score (nSPS) is 17.5. The maximum Gasteiger partial charge on any atom is 0.123 e. The van der Waals surface area contributed by atoms with Crippen molar-refractivity contribution in [1.82, 2.24) is 21.0 Å². The molecule has 1 unspecified atom stereocenters. The van der Waals surface area contributed by atoms with Crippen molar-refractivity contribution in [2.75, 3.05) is 17.2 Å². The molecule has 0 saturated heterocycles. The van der Waals surface area contributed by atoms with Crippen LogP contribution in [0.5, 0.6) is 0 Å². The van der Waals surface area contributed by atoms with Crippen LogP contribution in [-0.2, 0) is 0 Å². The molecule has 1 aliphatic heterocycles. The van der Waals surface area contributed by atoms with Crippen LogP contribution in [0.1, 0.15) is 31.4 Å². The number of hydrogen-bond donors (Lipinski definition) is 4. The van der Waals surface area contributed by atoms with E-state index in [0.717, 1.165) is 25.4 Å². The molecule has 1 atom stereocenters. The van der Waals surface area contributed by atoms with E-state index in [9.17, 15) is 11.0 Å². The molecule has 1 aromatic heterocycles. The third-order valence-electron chi connectivity index (χ3n) is 6.42. The summed E-state index contributed by atoms with van der Waals surface area (Å²) in [5.74, 6) is -0.375. The van der Waals surface area contributed by atoms with Gasteiger partial charge in [0.1, 0.15) is 11.9 Å². The Morgan fingerprint density at radius 2 is 2.05 bits per heavy atom. The van der Waals surface area contributed by atoms with Gasteiger partial charge in [-0.05, 0) is 48.7 Å². The van der Waals surface area contributed by atoms with Crippen molar-refractivity contribution in [3.05, 3.63) is 76.5 Å². The minimum Gasteiger partial charge on any atom is -0.384 e. The van der Waals surface area contributed by atoms with E-state index in [1.165, 1.54) is 18.3 Å². The van der Waals surface area contributed by atoms with Gasteiger partial charge in [0.25, 0.3) is 0 Å². The standard InChI is InChI=1S/C27H31ClFN7Si/c1-37(2,3)11-10-31-25-18(14-30)15-32-27-22(25)12-20(13-23(27)28)33-26(17-4-6-19(29)7-5-17)24-16-36(35-34-24)21-8-9-21/h4-7,12-13,15-16,21,26,33-35H,8-11H2,1-3H3,(H,31,32)/i26D. The second-order valence-electron chi connectivity index (χ2n) is 10.7. The van der Waals surface area contributed by atoms with Gasteiger partial charge in [-0.1, -0.05) is 43.4 Å². The first-order chi connectivity index (χ1) is 18.1. The summed E-state index contributed by atoms with van der Waals surface area (Å²) in [5, 5.41) is 19.6. The van der Waals surface area contributed by atoms with Gasteiger partial charge in [0, 0.05) is 44.1 Å². The van der Waals surface area contributed by atoms with Crippen LogP contribution in [0.4, 0.5) is 15.8 Å². The Morgan fingerprint density at radius 3 is 2.73 bits per heavy atom. The number of benzene rings is 2. The van der Waals surface area contributed by atoms with Gasteiger partial charge in [-0.15, -0.1) is 5.53 Å². The Balaban J connectivity index is 1.56. The molecule has 4 N–H and O–H groups in total. The van der Waals surface area contributed by atoms with E-state index in [1.807, 2.05) is 17.3 Å². The summed E-state index contributed by atoms with van der Waals surface area (Å²) in [6.45, 7) is 7.64. The molecule has 0 spiro atoms. The van der Waals surface area contributed by atoms with Crippen molar-refractivity contribution in [3.63, 3.8) is 0 Å². The highest BCUT2D eigenvalue weighted by Crippen LogP contribution is 2.36. The summed E-state index contributed by atoms with van der Waals surface area (Å²) in [6, 6.07) is 11.6. The Bertz CT molecular complexity index is 1430. The van der Waals surface area contributed by atoms with Crippen LogP contribution in [0.2, 0.25) is 30.7 Å². The molecule has 2 heterocycles. The summed E-state index contributed by atoms with van der Waals surface area (Å²) in [4.78, 5) is 4.45. The lowest BCUT2D eigenvalue weighted by atomic mass is 10.0. The number of nitrogens with one attached hydrogen (secondary N) is 4. The summed E-state index contributed by atoms with van der Waals surface area (Å²) < 4.78 is 23.3. The molecule has 0 bridgehead atoms. The Morgan fingerprint density at radius 1 is 1.30 bits per heavy atom. The maximum atomic E-state index is 13.8. The molecule has 192 valence electrons. The topological polar surface area (TPSA) is 88.0 Å². The molecule has 3 aromatic rings. The minimum absolute atomic E-state index is 0.375. The fourth-order valence-corrected chi connectivity index (χ4v) is 5.37. The Kier molecular flexibility index (Phi) is 6.63. The molecule has 5 rings (SSSR count). The molecule has 0 radical (unpaired) electrons. The van der Waals surface area contributed by atoms with Crippen molar-refractivity contribution >= 4 is 42.0 Å². The second-order valence-corrected chi connectivity index (χ2v) is 16.7. The minimum atomic E-state index is -1.49. The predicted molar refractivity (Wildman–Crippen MR) is 150 cm³/mol. The number of hydrogen-bond acceptors (Lipinski definition) is 7. The van der Waals surface area contributed by atoms with Gasteiger partial charge in [0.15, 0.2) is 0 Å². The van der Waals surface area contributed by atoms with Crippen LogP contribution < -0.4 is 21.6 Å². The van der Waals surface area contributed by atoms with E-state index in [-0.39, 0.29) is 5.82 Å². The number of rotatable bonds is 9.